The summed E-state index contributed by atoms with van der Waals surface area (Å²) in [6.45, 7) is 8.08. The fourth-order valence-electron chi connectivity index (χ4n) is 4.39. The van der Waals surface area contributed by atoms with E-state index >= 15 is 0 Å². The maximum Gasteiger partial charge on any atom is 0.165 e. The zero-order valence-electron chi connectivity index (χ0n) is 15.1. The number of likely N-dealkylation sites (tertiary alicyclic amines) is 1. The van der Waals surface area contributed by atoms with Gasteiger partial charge in [0.15, 0.2) is 5.65 Å². The van der Waals surface area contributed by atoms with Gasteiger partial charge in [0.25, 0.3) is 0 Å². The van der Waals surface area contributed by atoms with Crippen LogP contribution in [0.3, 0.4) is 0 Å². The molecular weight excluding hydrogens is 314 g/mol. The Morgan fingerprint density at radius 2 is 1.88 bits per heavy atom. The number of hydrogen-bond donors (Lipinski definition) is 1. The lowest BCUT2D eigenvalue weighted by atomic mass is 9.98. The number of aliphatic hydroxyl groups is 1. The topological polar surface area (TPSA) is 65.4 Å². The van der Waals surface area contributed by atoms with Crippen LogP contribution in [0.4, 0.5) is 5.82 Å². The summed E-state index contributed by atoms with van der Waals surface area (Å²) in [5.41, 5.74) is 2.99. The molecule has 1 N–H and O–H groups in total. The average Bonchev–Trinajstić information content (AvgIpc) is 2.61. The first-order valence-electron chi connectivity index (χ1n) is 9.38. The van der Waals surface area contributed by atoms with Crippen LogP contribution < -0.4 is 4.90 Å². The standard InChI is InChI=1S/C19H27N5O/c1-13-10-14(2)22-18-17(13)19(21-12-20-18)23-8-5-15(6-9-23)24-7-3-4-16(25)11-24/h10,12,15-16,25H,3-9,11H2,1-2H3. The monoisotopic (exact) mass is 341 g/mol. The Bertz CT molecular complexity index is 757. The number of aryl methyl sites for hydroxylation is 2. The van der Waals surface area contributed by atoms with Crippen molar-refractivity contribution in [3.63, 3.8) is 0 Å². The molecule has 0 aliphatic carbocycles. The van der Waals surface area contributed by atoms with Gasteiger partial charge in [-0.3, -0.25) is 4.90 Å². The van der Waals surface area contributed by atoms with E-state index in [1.807, 2.05) is 6.92 Å². The van der Waals surface area contributed by atoms with Gasteiger partial charge < -0.3 is 10.0 Å². The molecule has 0 spiro atoms. The Balaban J connectivity index is 1.52. The summed E-state index contributed by atoms with van der Waals surface area (Å²) >= 11 is 0. The van der Waals surface area contributed by atoms with Crippen molar-refractivity contribution in [3.05, 3.63) is 23.7 Å². The van der Waals surface area contributed by atoms with Crippen molar-refractivity contribution >= 4 is 16.9 Å². The van der Waals surface area contributed by atoms with Gasteiger partial charge in [0.1, 0.15) is 12.1 Å². The van der Waals surface area contributed by atoms with Crippen molar-refractivity contribution in [3.8, 4) is 0 Å². The predicted molar refractivity (Wildman–Crippen MR) is 98.9 cm³/mol. The van der Waals surface area contributed by atoms with Crippen LogP contribution in [0.25, 0.3) is 11.0 Å². The Morgan fingerprint density at radius 3 is 2.64 bits per heavy atom. The summed E-state index contributed by atoms with van der Waals surface area (Å²) in [7, 11) is 0. The third kappa shape index (κ3) is 3.33. The molecule has 0 bridgehead atoms. The van der Waals surface area contributed by atoms with Crippen molar-refractivity contribution in [1.29, 1.82) is 0 Å². The number of piperidine rings is 2. The SMILES string of the molecule is Cc1cc(C)c2c(N3CCC(N4CCCC(O)C4)CC3)ncnc2n1. The highest BCUT2D eigenvalue weighted by Gasteiger charge is 2.29. The van der Waals surface area contributed by atoms with Gasteiger partial charge >= 0.3 is 0 Å². The van der Waals surface area contributed by atoms with E-state index in [1.54, 1.807) is 6.33 Å². The van der Waals surface area contributed by atoms with Gasteiger partial charge in [-0.2, -0.15) is 0 Å². The molecule has 4 rings (SSSR count). The molecule has 6 nitrogen and oxygen atoms in total. The molecule has 2 aromatic heterocycles. The molecule has 4 heterocycles. The number of anilines is 1. The second kappa shape index (κ2) is 6.84. The molecule has 1 atom stereocenters. The molecule has 2 aliphatic rings. The lowest BCUT2D eigenvalue weighted by molar-refractivity contribution is 0.0398. The Morgan fingerprint density at radius 1 is 1.08 bits per heavy atom. The van der Waals surface area contributed by atoms with Crippen molar-refractivity contribution in [2.45, 2.75) is 51.7 Å². The summed E-state index contributed by atoms with van der Waals surface area (Å²) in [6.07, 6.45) is 5.80. The molecule has 6 heteroatoms. The molecule has 0 aromatic carbocycles. The molecule has 1 unspecified atom stereocenters. The van der Waals surface area contributed by atoms with Crippen LogP contribution in [-0.2, 0) is 0 Å². The Labute approximate surface area is 148 Å². The lowest BCUT2D eigenvalue weighted by Gasteiger charge is -2.41. The number of pyridine rings is 1. The molecule has 2 aliphatic heterocycles. The Kier molecular flexibility index (Phi) is 4.56. The van der Waals surface area contributed by atoms with E-state index in [0.29, 0.717) is 6.04 Å². The normalized spacial score (nSPS) is 23.3. The first-order valence-corrected chi connectivity index (χ1v) is 9.38. The van der Waals surface area contributed by atoms with E-state index in [0.717, 1.165) is 74.4 Å². The van der Waals surface area contributed by atoms with Gasteiger partial charge in [0, 0.05) is 31.4 Å². The number of rotatable bonds is 2. The molecule has 25 heavy (non-hydrogen) atoms. The largest absolute Gasteiger partial charge is 0.392 e. The fraction of sp³-hybridized carbons (Fsp3) is 0.632. The number of aliphatic hydroxyl groups excluding tert-OH is 1. The molecule has 0 radical (unpaired) electrons. The van der Waals surface area contributed by atoms with Crippen LogP contribution in [0.15, 0.2) is 12.4 Å². The maximum absolute atomic E-state index is 9.94. The average molecular weight is 341 g/mol. The predicted octanol–water partition coefficient (Wildman–Crippen LogP) is 2.07. The molecular formula is C19H27N5O. The molecule has 2 aromatic rings. The van der Waals surface area contributed by atoms with Crippen LogP contribution in [-0.4, -0.2) is 63.3 Å². The van der Waals surface area contributed by atoms with Crippen LogP contribution in [0.5, 0.6) is 0 Å². The van der Waals surface area contributed by atoms with E-state index in [4.69, 9.17) is 0 Å². The summed E-state index contributed by atoms with van der Waals surface area (Å²) in [5, 5.41) is 11.0. The van der Waals surface area contributed by atoms with Crippen molar-refractivity contribution in [1.82, 2.24) is 19.9 Å². The van der Waals surface area contributed by atoms with Crippen molar-refractivity contribution in [2.75, 3.05) is 31.1 Å². The zero-order chi connectivity index (χ0) is 17.4. The summed E-state index contributed by atoms with van der Waals surface area (Å²) in [5.74, 6) is 1.02. The van der Waals surface area contributed by atoms with Crippen LogP contribution in [0.2, 0.25) is 0 Å². The summed E-state index contributed by atoms with van der Waals surface area (Å²) in [6, 6.07) is 2.69. The van der Waals surface area contributed by atoms with Crippen LogP contribution in [0, 0.1) is 13.8 Å². The first kappa shape index (κ1) is 16.7. The molecule has 2 saturated heterocycles. The second-order valence-electron chi connectivity index (χ2n) is 7.49. The number of aromatic nitrogens is 3. The second-order valence-corrected chi connectivity index (χ2v) is 7.49. The molecule has 2 fully saturated rings. The highest BCUT2D eigenvalue weighted by molar-refractivity contribution is 5.90. The quantitative estimate of drug-likeness (QED) is 0.902. The molecule has 0 amide bonds. The third-order valence-corrected chi connectivity index (χ3v) is 5.62. The van der Waals surface area contributed by atoms with E-state index in [9.17, 15) is 5.11 Å². The van der Waals surface area contributed by atoms with Crippen LogP contribution >= 0.6 is 0 Å². The summed E-state index contributed by atoms with van der Waals surface area (Å²) in [4.78, 5) is 18.4. The highest BCUT2D eigenvalue weighted by atomic mass is 16.3. The van der Waals surface area contributed by atoms with Gasteiger partial charge in [-0.15, -0.1) is 0 Å². The minimum atomic E-state index is -0.144. The number of hydrogen-bond acceptors (Lipinski definition) is 6. The Hall–Kier alpha value is -1.79. The van der Waals surface area contributed by atoms with Gasteiger partial charge in [0.2, 0.25) is 0 Å². The lowest BCUT2D eigenvalue weighted by Crippen LogP contribution is -2.49. The van der Waals surface area contributed by atoms with Gasteiger partial charge in [-0.05, 0) is 57.7 Å². The maximum atomic E-state index is 9.94. The van der Waals surface area contributed by atoms with Gasteiger partial charge in [0.05, 0.1) is 11.5 Å². The number of fused-ring (bicyclic) bond motifs is 1. The smallest absolute Gasteiger partial charge is 0.165 e. The van der Waals surface area contributed by atoms with E-state index < -0.39 is 0 Å². The molecule has 134 valence electrons. The number of nitrogens with zero attached hydrogens (tertiary/aromatic N) is 5. The zero-order valence-corrected chi connectivity index (χ0v) is 15.1. The van der Waals surface area contributed by atoms with Crippen molar-refractivity contribution in [2.24, 2.45) is 0 Å². The first-order chi connectivity index (χ1) is 12.1. The van der Waals surface area contributed by atoms with E-state index in [2.05, 4.69) is 37.7 Å². The fourth-order valence-corrected chi connectivity index (χ4v) is 4.39. The summed E-state index contributed by atoms with van der Waals surface area (Å²) < 4.78 is 0. The number of β-amino-alcohol motifs (C(OH)–C–C–N with tert-alkyl or cyclic N) is 1. The third-order valence-electron chi connectivity index (χ3n) is 5.62. The van der Waals surface area contributed by atoms with E-state index in [1.165, 1.54) is 5.56 Å². The molecule has 0 saturated carbocycles. The van der Waals surface area contributed by atoms with Crippen LogP contribution in [0.1, 0.15) is 36.9 Å². The minimum Gasteiger partial charge on any atom is -0.392 e. The van der Waals surface area contributed by atoms with Gasteiger partial charge in [-0.25, -0.2) is 15.0 Å². The van der Waals surface area contributed by atoms with E-state index in [-0.39, 0.29) is 6.10 Å². The minimum absolute atomic E-state index is 0.144. The highest BCUT2D eigenvalue weighted by Crippen LogP contribution is 2.29. The van der Waals surface area contributed by atoms with Gasteiger partial charge in [-0.1, -0.05) is 0 Å². The van der Waals surface area contributed by atoms with Crippen molar-refractivity contribution < 1.29 is 5.11 Å².